The zero-order valence-corrected chi connectivity index (χ0v) is 56.9. The van der Waals surface area contributed by atoms with Crippen LogP contribution < -0.4 is 5.32 Å². The second-order valence-corrected chi connectivity index (χ2v) is 26.3. The first-order valence-electron chi connectivity index (χ1n) is 38.3. The van der Waals surface area contributed by atoms with Crippen molar-refractivity contribution in [2.24, 2.45) is 0 Å². The first-order chi connectivity index (χ1) is 41.5. The standard InChI is InChI=1S/C78H149NO5/c1-3-5-7-9-11-13-15-17-19-20-21-22-23-28-31-34-37-40-43-46-50-54-58-62-66-70-76(81)75(74-80)79-77(82)71-67-63-59-55-51-47-44-41-38-35-32-29-26-24-25-27-30-33-36-39-42-45-49-53-57-61-65-69-73-84-78(83)72-68-64-60-56-52-48-18-16-14-12-10-8-6-4-2/h16,18,24-25,66,70,75-76,80-81H,3-15,17,19-23,26-65,67-69,71-74H2,1-2H3,(H,79,82)/b18-16-,25-24-,70-66+. The van der Waals surface area contributed by atoms with E-state index >= 15 is 0 Å². The molecule has 2 unspecified atom stereocenters. The summed E-state index contributed by atoms with van der Waals surface area (Å²) in [5, 5.41) is 23.3. The van der Waals surface area contributed by atoms with Gasteiger partial charge in [-0.25, -0.2) is 0 Å². The summed E-state index contributed by atoms with van der Waals surface area (Å²) in [6, 6.07) is -0.630. The highest BCUT2D eigenvalue weighted by atomic mass is 16.5. The van der Waals surface area contributed by atoms with Crippen molar-refractivity contribution < 1.29 is 24.5 Å². The molecule has 0 radical (unpaired) electrons. The summed E-state index contributed by atoms with van der Waals surface area (Å²) in [4.78, 5) is 24.6. The molecule has 1 amide bonds. The number of aliphatic hydroxyl groups is 2. The van der Waals surface area contributed by atoms with Gasteiger partial charge >= 0.3 is 5.97 Å². The van der Waals surface area contributed by atoms with Gasteiger partial charge in [0.1, 0.15) is 0 Å². The molecule has 0 fully saturated rings. The van der Waals surface area contributed by atoms with Crippen LogP contribution in [0.1, 0.15) is 425 Å². The molecule has 0 aliphatic heterocycles. The average Bonchev–Trinajstić information content (AvgIpc) is 3.51. The highest BCUT2D eigenvalue weighted by Gasteiger charge is 2.18. The van der Waals surface area contributed by atoms with Gasteiger partial charge in [0.25, 0.3) is 0 Å². The zero-order chi connectivity index (χ0) is 60.6. The van der Waals surface area contributed by atoms with Crippen LogP contribution in [0.5, 0.6) is 0 Å². The summed E-state index contributed by atoms with van der Waals surface area (Å²) in [6.45, 7) is 4.93. The van der Waals surface area contributed by atoms with Crippen LogP contribution in [0.15, 0.2) is 36.5 Å². The van der Waals surface area contributed by atoms with Crippen molar-refractivity contribution in [3.05, 3.63) is 36.5 Å². The first kappa shape index (κ1) is 82.1. The monoisotopic (exact) mass is 1180 g/mol. The van der Waals surface area contributed by atoms with Crippen LogP contribution in [0.4, 0.5) is 0 Å². The molecule has 6 heteroatoms. The number of hydrogen-bond donors (Lipinski definition) is 3. The van der Waals surface area contributed by atoms with E-state index in [0.29, 0.717) is 19.4 Å². The van der Waals surface area contributed by atoms with Gasteiger partial charge in [0.15, 0.2) is 0 Å². The molecule has 3 N–H and O–H groups in total. The van der Waals surface area contributed by atoms with E-state index in [2.05, 4.69) is 43.5 Å². The van der Waals surface area contributed by atoms with Gasteiger partial charge < -0.3 is 20.3 Å². The van der Waals surface area contributed by atoms with Gasteiger partial charge in [-0.1, -0.05) is 365 Å². The van der Waals surface area contributed by atoms with Crippen LogP contribution in [0.3, 0.4) is 0 Å². The molecule has 0 saturated carbocycles. The summed E-state index contributed by atoms with van der Waals surface area (Å²) in [6.07, 6.45) is 95.3. The normalized spacial score (nSPS) is 12.7. The molecule has 0 saturated heterocycles. The van der Waals surface area contributed by atoms with E-state index in [-0.39, 0.29) is 18.5 Å². The average molecular weight is 1180 g/mol. The predicted octanol–water partition coefficient (Wildman–Crippen LogP) is 25.0. The number of ether oxygens (including phenoxy) is 1. The van der Waals surface area contributed by atoms with Crippen LogP contribution in [0.25, 0.3) is 0 Å². The van der Waals surface area contributed by atoms with Crippen molar-refractivity contribution in [1.29, 1.82) is 0 Å². The number of allylic oxidation sites excluding steroid dienone is 5. The van der Waals surface area contributed by atoms with E-state index in [4.69, 9.17) is 4.74 Å². The number of unbranched alkanes of at least 4 members (excludes halogenated alkanes) is 57. The minimum absolute atomic E-state index is 0.00758. The van der Waals surface area contributed by atoms with Gasteiger partial charge in [-0.05, 0) is 83.5 Å². The molecule has 84 heavy (non-hydrogen) atoms. The van der Waals surface area contributed by atoms with Crippen LogP contribution in [-0.4, -0.2) is 47.4 Å². The predicted molar refractivity (Wildman–Crippen MR) is 370 cm³/mol. The molecular formula is C78H149NO5. The molecule has 0 aromatic carbocycles. The molecular weight excluding hydrogens is 1030 g/mol. The topological polar surface area (TPSA) is 95.9 Å². The molecule has 0 bridgehead atoms. The fourth-order valence-corrected chi connectivity index (χ4v) is 12.0. The van der Waals surface area contributed by atoms with E-state index in [0.717, 1.165) is 44.9 Å². The van der Waals surface area contributed by atoms with Gasteiger partial charge in [0.2, 0.25) is 5.91 Å². The van der Waals surface area contributed by atoms with Crippen molar-refractivity contribution in [2.75, 3.05) is 13.2 Å². The van der Waals surface area contributed by atoms with Gasteiger partial charge in [-0.2, -0.15) is 0 Å². The highest BCUT2D eigenvalue weighted by molar-refractivity contribution is 5.76. The van der Waals surface area contributed by atoms with Crippen LogP contribution >= 0.6 is 0 Å². The minimum atomic E-state index is -0.846. The molecule has 0 spiro atoms. The summed E-state index contributed by atoms with van der Waals surface area (Å²) in [7, 11) is 0. The SMILES string of the molecule is CCCCCCC/C=C\CCCCCCCC(=O)OCCCCCCCCCCCCCC/C=C\CCCCCCCCCCCCCCC(=O)NC(CO)C(O)/C=C/CCCCCCCCCCCCCCCCCCCCCCCCC. The Hall–Kier alpha value is -1.92. The molecule has 0 aromatic rings. The molecule has 496 valence electrons. The van der Waals surface area contributed by atoms with Crippen LogP contribution in [0, 0.1) is 0 Å². The number of esters is 1. The van der Waals surface area contributed by atoms with E-state index in [1.54, 1.807) is 6.08 Å². The lowest BCUT2D eigenvalue weighted by Gasteiger charge is -2.20. The molecule has 0 aliphatic rings. The molecule has 0 heterocycles. The Bertz CT molecular complexity index is 1360. The zero-order valence-electron chi connectivity index (χ0n) is 56.9. The Morgan fingerprint density at radius 3 is 0.845 bits per heavy atom. The maximum atomic E-state index is 12.6. The fraction of sp³-hybridized carbons (Fsp3) is 0.897. The third-order valence-corrected chi connectivity index (χ3v) is 17.9. The number of carbonyl (C=O) groups excluding carboxylic acids is 2. The van der Waals surface area contributed by atoms with E-state index < -0.39 is 12.1 Å². The van der Waals surface area contributed by atoms with E-state index in [1.165, 1.54) is 353 Å². The number of carbonyl (C=O) groups is 2. The molecule has 0 aromatic heterocycles. The number of amides is 1. The Morgan fingerprint density at radius 2 is 0.560 bits per heavy atom. The maximum absolute atomic E-state index is 12.6. The van der Waals surface area contributed by atoms with E-state index in [1.807, 2.05) is 6.08 Å². The van der Waals surface area contributed by atoms with Crippen molar-refractivity contribution in [3.8, 4) is 0 Å². The van der Waals surface area contributed by atoms with Crippen LogP contribution in [0.2, 0.25) is 0 Å². The van der Waals surface area contributed by atoms with Crippen molar-refractivity contribution in [3.63, 3.8) is 0 Å². The lowest BCUT2D eigenvalue weighted by Crippen LogP contribution is -2.45. The summed E-state index contributed by atoms with van der Waals surface area (Å²) in [5.74, 6) is -0.0557. The second-order valence-electron chi connectivity index (χ2n) is 26.3. The van der Waals surface area contributed by atoms with Gasteiger partial charge in [0, 0.05) is 12.8 Å². The van der Waals surface area contributed by atoms with Crippen molar-refractivity contribution in [2.45, 2.75) is 437 Å². The molecule has 2 atom stereocenters. The largest absolute Gasteiger partial charge is 0.466 e. The van der Waals surface area contributed by atoms with E-state index in [9.17, 15) is 19.8 Å². The summed E-state index contributed by atoms with van der Waals surface area (Å²) in [5.41, 5.74) is 0. The smallest absolute Gasteiger partial charge is 0.305 e. The number of nitrogens with one attached hydrogen (secondary N) is 1. The highest BCUT2D eigenvalue weighted by Crippen LogP contribution is 2.19. The third-order valence-electron chi connectivity index (χ3n) is 17.9. The quantitative estimate of drug-likeness (QED) is 0.0320. The Morgan fingerprint density at radius 1 is 0.321 bits per heavy atom. The van der Waals surface area contributed by atoms with Crippen molar-refractivity contribution >= 4 is 11.9 Å². The molecule has 0 aliphatic carbocycles. The lowest BCUT2D eigenvalue weighted by atomic mass is 10.0. The van der Waals surface area contributed by atoms with Crippen molar-refractivity contribution in [1.82, 2.24) is 5.32 Å². The van der Waals surface area contributed by atoms with Gasteiger partial charge in [-0.15, -0.1) is 0 Å². The second kappa shape index (κ2) is 73.5. The Kier molecular flexibility index (Phi) is 71.9. The number of aliphatic hydroxyl groups excluding tert-OH is 2. The Labute approximate surface area is 525 Å². The molecule has 6 nitrogen and oxygen atoms in total. The lowest BCUT2D eigenvalue weighted by molar-refractivity contribution is -0.143. The Balaban J connectivity index is 3.41. The number of rotatable bonds is 72. The number of hydrogen-bond acceptors (Lipinski definition) is 5. The maximum Gasteiger partial charge on any atom is 0.305 e. The first-order valence-corrected chi connectivity index (χ1v) is 38.3. The van der Waals surface area contributed by atoms with Crippen LogP contribution in [-0.2, 0) is 14.3 Å². The van der Waals surface area contributed by atoms with Gasteiger partial charge in [0.05, 0.1) is 25.4 Å². The minimum Gasteiger partial charge on any atom is -0.466 e. The van der Waals surface area contributed by atoms with Gasteiger partial charge in [-0.3, -0.25) is 9.59 Å². The third kappa shape index (κ3) is 69.2. The summed E-state index contributed by atoms with van der Waals surface area (Å²) >= 11 is 0. The molecule has 0 rings (SSSR count). The summed E-state index contributed by atoms with van der Waals surface area (Å²) < 4.78 is 5.49. The fourth-order valence-electron chi connectivity index (χ4n) is 12.0.